The summed E-state index contributed by atoms with van der Waals surface area (Å²) >= 11 is 0. The van der Waals surface area contributed by atoms with Gasteiger partial charge in [0.25, 0.3) is 0 Å². The number of alkyl halides is 3. The lowest BCUT2D eigenvalue weighted by Crippen LogP contribution is -2.39. The van der Waals surface area contributed by atoms with E-state index in [9.17, 15) is 18.0 Å². The topological polar surface area (TPSA) is 38.3 Å². The van der Waals surface area contributed by atoms with E-state index in [2.05, 4.69) is 5.32 Å². The number of benzene rings is 1. The van der Waals surface area contributed by atoms with Crippen LogP contribution in [0.5, 0.6) is 0 Å². The monoisotopic (exact) mass is 271 g/mol. The van der Waals surface area contributed by atoms with Crippen molar-refractivity contribution < 1.29 is 22.7 Å². The van der Waals surface area contributed by atoms with Crippen LogP contribution in [0.1, 0.15) is 24.0 Å². The smallest absolute Gasteiger partial charge is 0.381 e. The zero-order valence-electron chi connectivity index (χ0n) is 10.0. The number of hydrogen-bond donors (Lipinski definition) is 1. The van der Waals surface area contributed by atoms with Crippen molar-refractivity contribution in [2.24, 2.45) is 0 Å². The third-order valence-corrected chi connectivity index (χ3v) is 3.89. The van der Waals surface area contributed by atoms with E-state index in [0.29, 0.717) is 31.6 Å². The molecular formula is C13H12F3NO2. The molecule has 6 heteroatoms. The van der Waals surface area contributed by atoms with Crippen molar-refractivity contribution in [3.63, 3.8) is 0 Å². The van der Waals surface area contributed by atoms with Gasteiger partial charge in [-0.15, -0.1) is 0 Å². The van der Waals surface area contributed by atoms with Crippen LogP contribution in [0.4, 0.5) is 18.9 Å². The molecular weight excluding hydrogens is 259 g/mol. The molecule has 3 nitrogen and oxygen atoms in total. The van der Waals surface area contributed by atoms with Crippen molar-refractivity contribution in [3.05, 3.63) is 29.3 Å². The van der Waals surface area contributed by atoms with Gasteiger partial charge in [0.2, 0.25) is 5.91 Å². The summed E-state index contributed by atoms with van der Waals surface area (Å²) in [6.07, 6.45) is -3.38. The van der Waals surface area contributed by atoms with Crippen LogP contribution < -0.4 is 5.32 Å². The Morgan fingerprint density at radius 2 is 1.89 bits per heavy atom. The van der Waals surface area contributed by atoms with Crippen LogP contribution in [0.15, 0.2) is 18.2 Å². The van der Waals surface area contributed by atoms with E-state index in [4.69, 9.17) is 4.74 Å². The molecule has 0 unspecified atom stereocenters. The molecule has 1 N–H and O–H groups in total. The molecule has 0 saturated carbocycles. The molecule has 0 bridgehead atoms. The molecule has 1 fully saturated rings. The number of rotatable bonds is 0. The van der Waals surface area contributed by atoms with Crippen LogP contribution in [0, 0.1) is 0 Å². The normalized spacial score (nSPS) is 21.3. The molecule has 0 aliphatic carbocycles. The third kappa shape index (κ3) is 1.82. The summed E-state index contributed by atoms with van der Waals surface area (Å²) in [4.78, 5) is 12.1. The van der Waals surface area contributed by atoms with Crippen LogP contribution >= 0.6 is 0 Å². The molecule has 1 aromatic carbocycles. The Labute approximate surface area is 107 Å². The number of amides is 1. The molecule has 2 aliphatic rings. The van der Waals surface area contributed by atoms with Crippen LogP contribution in [0.2, 0.25) is 0 Å². The predicted octanol–water partition coefficient (Wildman–Crippen LogP) is 2.71. The van der Waals surface area contributed by atoms with Gasteiger partial charge in [0.15, 0.2) is 0 Å². The largest absolute Gasteiger partial charge is 0.416 e. The van der Waals surface area contributed by atoms with Gasteiger partial charge in [-0.3, -0.25) is 4.79 Å². The van der Waals surface area contributed by atoms with Crippen molar-refractivity contribution in [2.75, 3.05) is 18.5 Å². The van der Waals surface area contributed by atoms with Crippen molar-refractivity contribution >= 4 is 11.6 Å². The van der Waals surface area contributed by atoms with E-state index in [-0.39, 0.29) is 11.6 Å². The number of carbonyl (C=O) groups is 1. The summed E-state index contributed by atoms with van der Waals surface area (Å²) < 4.78 is 43.2. The lowest BCUT2D eigenvalue weighted by molar-refractivity contribution is -0.137. The van der Waals surface area contributed by atoms with Crippen LogP contribution in [0.3, 0.4) is 0 Å². The summed E-state index contributed by atoms with van der Waals surface area (Å²) in [6.45, 7) is 0.905. The maximum Gasteiger partial charge on any atom is 0.416 e. The van der Waals surface area contributed by atoms with E-state index in [1.54, 1.807) is 0 Å². The first-order valence-corrected chi connectivity index (χ1v) is 6.04. The van der Waals surface area contributed by atoms with E-state index >= 15 is 0 Å². The standard InChI is InChI=1S/C13H12F3NO2/c14-13(15,16)8-1-2-9-10(7-8)17-11(18)12(9)3-5-19-6-4-12/h1-2,7H,3-6H2,(H,17,18). The number of nitrogens with one attached hydrogen (secondary N) is 1. The van der Waals surface area contributed by atoms with Gasteiger partial charge in [-0.1, -0.05) is 6.07 Å². The van der Waals surface area contributed by atoms with Gasteiger partial charge in [-0.2, -0.15) is 13.2 Å². The zero-order chi connectivity index (χ0) is 13.7. The van der Waals surface area contributed by atoms with Gasteiger partial charge >= 0.3 is 6.18 Å². The third-order valence-electron chi connectivity index (χ3n) is 3.89. The molecule has 0 radical (unpaired) electrons. The number of halogens is 3. The molecule has 3 rings (SSSR count). The first kappa shape index (κ1) is 12.5. The highest BCUT2D eigenvalue weighted by Gasteiger charge is 2.48. The summed E-state index contributed by atoms with van der Waals surface area (Å²) in [6, 6.07) is 3.47. The molecule has 1 saturated heterocycles. The zero-order valence-corrected chi connectivity index (χ0v) is 10.0. The van der Waals surface area contributed by atoms with Gasteiger partial charge in [-0.25, -0.2) is 0 Å². The highest BCUT2D eigenvalue weighted by atomic mass is 19.4. The lowest BCUT2D eigenvalue weighted by Gasteiger charge is -2.31. The van der Waals surface area contributed by atoms with Gasteiger partial charge in [0.05, 0.1) is 11.0 Å². The van der Waals surface area contributed by atoms with Gasteiger partial charge in [0.1, 0.15) is 0 Å². The van der Waals surface area contributed by atoms with E-state index in [0.717, 1.165) is 12.1 Å². The van der Waals surface area contributed by atoms with Crippen LogP contribution in [-0.2, 0) is 21.1 Å². The summed E-state index contributed by atoms with van der Waals surface area (Å²) in [5, 5.41) is 2.58. The fourth-order valence-electron chi connectivity index (χ4n) is 2.82. The Bertz CT molecular complexity index is 533. The minimum absolute atomic E-state index is 0.217. The molecule has 102 valence electrons. The second kappa shape index (κ2) is 3.96. The van der Waals surface area contributed by atoms with E-state index < -0.39 is 17.2 Å². The molecule has 0 aromatic heterocycles. The molecule has 1 amide bonds. The predicted molar refractivity (Wildman–Crippen MR) is 61.8 cm³/mol. The number of anilines is 1. The number of fused-ring (bicyclic) bond motifs is 2. The number of ether oxygens (including phenoxy) is 1. The number of hydrogen-bond acceptors (Lipinski definition) is 2. The second-order valence-corrected chi connectivity index (χ2v) is 4.91. The van der Waals surface area contributed by atoms with Crippen molar-refractivity contribution in [2.45, 2.75) is 24.4 Å². The van der Waals surface area contributed by atoms with E-state index in [1.807, 2.05) is 0 Å². The Morgan fingerprint density at radius 3 is 2.53 bits per heavy atom. The minimum Gasteiger partial charge on any atom is -0.381 e. The second-order valence-electron chi connectivity index (χ2n) is 4.91. The minimum atomic E-state index is -4.40. The fraction of sp³-hybridized carbons (Fsp3) is 0.462. The Kier molecular flexibility index (Phi) is 2.60. The van der Waals surface area contributed by atoms with Crippen molar-refractivity contribution in [3.8, 4) is 0 Å². The number of carbonyl (C=O) groups excluding carboxylic acids is 1. The summed E-state index contributed by atoms with van der Waals surface area (Å²) in [5.74, 6) is -0.217. The average Bonchev–Trinajstić information content (AvgIpc) is 2.62. The Morgan fingerprint density at radius 1 is 1.21 bits per heavy atom. The lowest BCUT2D eigenvalue weighted by atomic mass is 9.75. The van der Waals surface area contributed by atoms with Crippen LogP contribution in [0.25, 0.3) is 0 Å². The molecule has 1 aromatic rings. The quantitative estimate of drug-likeness (QED) is 0.788. The van der Waals surface area contributed by atoms with Gasteiger partial charge in [-0.05, 0) is 30.5 Å². The molecule has 1 spiro atoms. The van der Waals surface area contributed by atoms with Gasteiger partial charge < -0.3 is 10.1 Å². The summed E-state index contributed by atoms with van der Waals surface area (Å²) in [5.41, 5.74) is -0.510. The van der Waals surface area contributed by atoms with Crippen molar-refractivity contribution in [1.82, 2.24) is 0 Å². The average molecular weight is 271 g/mol. The molecule has 19 heavy (non-hydrogen) atoms. The highest BCUT2D eigenvalue weighted by Crippen LogP contribution is 2.46. The summed E-state index contributed by atoms with van der Waals surface area (Å²) in [7, 11) is 0. The van der Waals surface area contributed by atoms with Crippen LogP contribution in [-0.4, -0.2) is 19.1 Å². The Balaban J connectivity index is 2.06. The van der Waals surface area contributed by atoms with Crippen molar-refractivity contribution in [1.29, 1.82) is 0 Å². The fourth-order valence-corrected chi connectivity index (χ4v) is 2.82. The maximum absolute atomic E-state index is 12.7. The first-order chi connectivity index (χ1) is 8.93. The first-order valence-electron chi connectivity index (χ1n) is 6.04. The van der Waals surface area contributed by atoms with E-state index in [1.165, 1.54) is 6.07 Å². The Hall–Kier alpha value is -1.56. The van der Waals surface area contributed by atoms with Gasteiger partial charge in [0, 0.05) is 18.9 Å². The molecule has 2 heterocycles. The molecule has 0 atom stereocenters. The molecule has 2 aliphatic heterocycles. The SMILES string of the molecule is O=C1Nc2cc(C(F)(F)F)ccc2C12CCOCC2. The highest BCUT2D eigenvalue weighted by molar-refractivity contribution is 6.06. The maximum atomic E-state index is 12.7.